The molecule has 0 fully saturated rings. The molecular formula is C20H18BrN3O2. The maximum Gasteiger partial charge on any atom is 0.276 e. The molecule has 0 bridgehead atoms. The number of aromatic nitrogens is 2. The highest BCUT2D eigenvalue weighted by atomic mass is 79.9. The molecule has 3 rings (SSSR count). The first-order valence-corrected chi connectivity index (χ1v) is 8.98. The zero-order chi connectivity index (χ0) is 18.7. The van der Waals surface area contributed by atoms with E-state index >= 15 is 0 Å². The van der Waals surface area contributed by atoms with Crippen molar-refractivity contribution in [1.82, 2.24) is 15.1 Å². The fraction of sp³-hybridized carbons (Fsp3) is 0.150. The molecule has 2 aromatic carbocycles. The Kier molecular flexibility index (Phi) is 5.32. The highest BCUT2D eigenvalue weighted by Gasteiger charge is 2.18. The average Bonchev–Trinajstić information content (AvgIpc) is 2.62. The molecule has 26 heavy (non-hydrogen) atoms. The van der Waals surface area contributed by atoms with Gasteiger partial charge in [-0.1, -0.05) is 46.3 Å². The second-order valence-corrected chi connectivity index (χ2v) is 6.91. The fourth-order valence-electron chi connectivity index (χ4n) is 2.66. The van der Waals surface area contributed by atoms with E-state index in [1.54, 1.807) is 11.6 Å². The molecule has 1 N–H and O–H groups in total. The lowest BCUT2D eigenvalue weighted by atomic mass is 10.1. The standard InChI is InChI=1S/C20H18BrN3O2/c1-13-11-18(25)19(23-24(13)17-9-4-3-5-10-17)20(26)22-14(2)15-7-6-8-16(21)12-15/h3-12,14H,1-2H3,(H,22,26). The van der Waals surface area contributed by atoms with E-state index in [0.29, 0.717) is 5.69 Å². The van der Waals surface area contributed by atoms with Gasteiger partial charge in [-0.15, -0.1) is 0 Å². The van der Waals surface area contributed by atoms with Gasteiger partial charge in [0.2, 0.25) is 5.43 Å². The maximum absolute atomic E-state index is 12.6. The van der Waals surface area contributed by atoms with Gasteiger partial charge < -0.3 is 5.32 Å². The Hall–Kier alpha value is -2.73. The maximum atomic E-state index is 12.6. The Bertz CT molecular complexity index is 999. The lowest BCUT2D eigenvalue weighted by Crippen LogP contribution is -2.33. The van der Waals surface area contributed by atoms with Gasteiger partial charge in [0.15, 0.2) is 5.69 Å². The monoisotopic (exact) mass is 411 g/mol. The van der Waals surface area contributed by atoms with Crippen LogP contribution in [0.3, 0.4) is 0 Å². The number of carbonyl (C=O) groups is 1. The van der Waals surface area contributed by atoms with Crippen molar-refractivity contribution in [1.29, 1.82) is 0 Å². The van der Waals surface area contributed by atoms with E-state index in [1.807, 2.05) is 61.5 Å². The predicted molar refractivity (Wildman–Crippen MR) is 105 cm³/mol. The van der Waals surface area contributed by atoms with E-state index < -0.39 is 11.3 Å². The van der Waals surface area contributed by atoms with Crippen LogP contribution in [0, 0.1) is 6.92 Å². The molecule has 1 heterocycles. The van der Waals surface area contributed by atoms with Crippen molar-refractivity contribution in [2.24, 2.45) is 0 Å². The van der Waals surface area contributed by atoms with E-state index in [9.17, 15) is 9.59 Å². The zero-order valence-electron chi connectivity index (χ0n) is 14.4. The summed E-state index contributed by atoms with van der Waals surface area (Å²) in [4.78, 5) is 24.9. The van der Waals surface area contributed by atoms with E-state index in [0.717, 1.165) is 15.7 Å². The number of hydrogen-bond donors (Lipinski definition) is 1. The van der Waals surface area contributed by atoms with Gasteiger partial charge in [0, 0.05) is 16.2 Å². The van der Waals surface area contributed by atoms with E-state index in [-0.39, 0.29) is 11.7 Å². The Morgan fingerprint density at radius 3 is 2.54 bits per heavy atom. The summed E-state index contributed by atoms with van der Waals surface area (Å²) in [6.07, 6.45) is 0. The Morgan fingerprint density at radius 1 is 1.12 bits per heavy atom. The molecule has 0 saturated heterocycles. The van der Waals surface area contributed by atoms with Crippen LogP contribution < -0.4 is 10.7 Å². The molecule has 0 radical (unpaired) electrons. The second kappa shape index (κ2) is 7.66. The summed E-state index contributed by atoms with van der Waals surface area (Å²) in [5.41, 5.74) is 1.87. The molecule has 3 aromatic rings. The van der Waals surface area contributed by atoms with Crippen molar-refractivity contribution in [3.05, 3.63) is 92.3 Å². The summed E-state index contributed by atoms with van der Waals surface area (Å²) in [7, 11) is 0. The lowest BCUT2D eigenvalue weighted by molar-refractivity contribution is 0.0932. The van der Waals surface area contributed by atoms with Crippen LogP contribution in [0.5, 0.6) is 0 Å². The molecule has 1 unspecified atom stereocenters. The number of hydrogen-bond acceptors (Lipinski definition) is 3. The molecule has 132 valence electrons. The van der Waals surface area contributed by atoms with E-state index in [4.69, 9.17) is 0 Å². The summed E-state index contributed by atoms with van der Waals surface area (Å²) >= 11 is 3.42. The van der Waals surface area contributed by atoms with Crippen LogP contribution in [0.15, 0.2) is 69.9 Å². The molecule has 1 amide bonds. The number of halogens is 1. The Balaban J connectivity index is 1.91. The fourth-order valence-corrected chi connectivity index (χ4v) is 3.08. The van der Waals surface area contributed by atoms with Crippen LogP contribution in [0.4, 0.5) is 0 Å². The van der Waals surface area contributed by atoms with Gasteiger partial charge in [-0.05, 0) is 43.7 Å². The SMILES string of the molecule is Cc1cc(=O)c(C(=O)NC(C)c2cccc(Br)c2)nn1-c1ccccc1. The smallest absolute Gasteiger partial charge is 0.276 e. The molecular weight excluding hydrogens is 394 g/mol. The first kappa shape index (κ1) is 18.1. The van der Waals surface area contributed by atoms with Crippen LogP contribution >= 0.6 is 15.9 Å². The molecule has 1 aromatic heterocycles. The highest BCUT2D eigenvalue weighted by molar-refractivity contribution is 9.10. The van der Waals surface area contributed by atoms with Gasteiger partial charge in [-0.25, -0.2) is 4.68 Å². The largest absolute Gasteiger partial charge is 0.344 e. The molecule has 0 aliphatic carbocycles. The third-order valence-electron chi connectivity index (χ3n) is 4.02. The third kappa shape index (κ3) is 3.91. The first-order valence-electron chi connectivity index (χ1n) is 8.18. The van der Waals surface area contributed by atoms with Gasteiger partial charge in [-0.3, -0.25) is 9.59 Å². The number of nitrogens with one attached hydrogen (secondary N) is 1. The van der Waals surface area contributed by atoms with Crippen molar-refractivity contribution in [3.63, 3.8) is 0 Å². The summed E-state index contributed by atoms with van der Waals surface area (Å²) in [6, 6.07) is 18.2. The minimum atomic E-state index is -0.493. The predicted octanol–water partition coefficient (Wildman–Crippen LogP) is 3.79. The van der Waals surface area contributed by atoms with Crippen molar-refractivity contribution in [3.8, 4) is 5.69 Å². The molecule has 0 spiro atoms. The van der Waals surface area contributed by atoms with Gasteiger partial charge in [0.1, 0.15) is 0 Å². The number of amides is 1. The first-order chi connectivity index (χ1) is 12.5. The minimum absolute atomic E-state index is 0.124. The summed E-state index contributed by atoms with van der Waals surface area (Å²) in [5.74, 6) is -0.493. The number of benzene rings is 2. The number of nitrogens with zero attached hydrogens (tertiary/aromatic N) is 2. The molecule has 0 aliphatic rings. The second-order valence-electron chi connectivity index (χ2n) is 6.00. The van der Waals surface area contributed by atoms with Crippen molar-refractivity contribution < 1.29 is 4.79 Å². The van der Waals surface area contributed by atoms with Crippen molar-refractivity contribution >= 4 is 21.8 Å². The molecule has 0 aliphatic heterocycles. The van der Waals surface area contributed by atoms with Crippen molar-refractivity contribution in [2.75, 3.05) is 0 Å². The highest BCUT2D eigenvalue weighted by Crippen LogP contribution is 2.18. The lowest BCUT2D eigenvalue weighted by Gasteiger charge is -2.15. The van der Waals surface area contributed by atoms with Crippen LogP contribution in [0.2, 0.25) is 0 Å². The van der Waals surface area contributed by atoms with Crippen LogP contribution in [0.1, 0.15) is 34.7 Å². The summed E-state index contributed by atoms with van der Waals surface area (Å²) in [6.45, 7) is 3.65. The van der Waals surface area contributed by atoms with Crippen LogP contribution in [0.25, 0.3) is 5.69 Å². The van der Waals surface area contributed by atoms with Gasteiger partial charge in [0.05, 0.1) is 11.7 Å². The number of aryl methyl sites for hydroxylation is 1. The molecule has 0 saturated carbocycles. The van der Waals surface area contributed by atoms with E-state index in [2.05, 4.69) is 26.3 Å². The number of carbonyl (C=O) groups excluding carboxylic acids is 1. The topological polar surface area (TPSA) is 64.0 Å². The Labute approximate surface area is 159 Å². The number of rotatable bonds is 4. The summed E-state index contributed by atoms with van der Waals surface area (Å²) < 4.78 is 2.52. The van der Waals surface area contributed by atoms with Gasteiger partial charge in [0.25, 0.3) is 5.91 Å². The normalized spacial score (nSPS) is 11.8. The molecule has 6 heteroatoms. The zero-order valence-corrected chi connectivity index (χ0v) is 16.0. The minimum Gasteiger partial charge on any atom is -0.344 e. The molecule has 5 nitrogen and oxygen atoms in total. The van der Waals surface area contributed by atoms with Crippen molar-refractivity contribution in [2.45, 2.75) is 19.9 Å². The van der Waals surface area contributed by atoms with Crippen LogP contribution in [-0.2, 0) is 0 Å². The average molecular weight is 412 g/mol. The quantitative estimate of drug-likeness (QED) is 0.709. The third-order valence-corrected chi connectivity index (χ3v) is 4.51. The molecule has 1 atom stereocenters. The summed E-state index contributed by atoms with van der Waals surface area (Å²) in [5, 5.41) is 7.13. The number of para-hydroxylation sites is 1. The van der Waals surface area contributed by atoms with E-state index in [1.165, 1.54) is 6.07 Å². The van der Waals surface area contributed by atoms with Gasteiger partial charge in [-0.2, -0.15) is 5.10 Å². The van der Waals surface area contributed by atoms with Crippen LogP contribution in [-0.4, -0.2) is 15.7 Å². The Morgan fingerprint density at radius 2 is 1.85 bits per heavy atom. The van der Waals surface area contributed by atoms with Gasteiger partial charge >= 0.3 is 0 Å².